The molecule has 0 heterocycles. The lowest BCUT2D eigenvalue weighted by Crippen LogP contribution is -2.27. The van der Waals surface area contributed by atoms with Crippen molar-refractivity contribution < 1.29 is 17.6 Å². The van der Waals surface area contributed by atoms with Crippen LogP contribution in [0.4, 0.5) is 15.8 Å². The first kappa shape index (κ1) is 17.0. The Morgan fingerprint density at radius 3 is 2.30 bits per heavy atom. The van der Waals surface area contributed by atoms with Crippen molar-refractivity contribution in [1.29, 1.82) is 0 Å². The number of nitrogens with one attached hydrogen (secondary N) is 1. The fraction of sp³-hybridized carbons (Fsp3) is 0.188. The minimum absolute atomic E-state index is 0.0118. The van der Waals surface area contributed by atoms with Crippen molar-refractivity contribution in [2.24, 2.45) is 0 Å². The highest BCUT2D eigenvalue weighted by atomic mass is 32.2. The van der Waals surface area contributed by atoms with E-state index >= 15 is 0 Å². The molecule has 0 saturated heterocycles. The van der Waals surface area contributed by atoms with Crippen LogP contribution in [0.3, 0.4) is 0 Å². The van der Waals surface area contributed by atoms with E-state index in [9.17, 15) is 17.6 Å². The van der Waals surface area contributed by atoms with Gasteiger partial charge in [-0.3, -0.25) is 9.10 Å². The largest absolute Gasteiger partial charge is 0.326 e. The van der Waals surface area contributed by atoms with Gasteiger partial charge in [0.05, 0.1) is 10.6 Å². The lowest BCUT2D eigenvalue weighted by molar-refractivity contribution is -0.115. The number of hydrogen-bond donors (Lipinski definition) is 1. The molecule has 1 amide bonds. The summed E-state index contributed by atoms with van der Waals surface area (Å²) in [7, 11) is -2.59. The van der Waals surface area contributed by atoms with Crippen LogP contribution in [-0.2, 0) is 14.8 Å². The smallest absolute Gasteiger partial charge is 0.264 e. The number of anilines is 2. The van der Waals surface area contributed by atoms with Crippen molar-refractivity contribution in [3.63, 3.8) is 0 Å². The lowest BCUT2D eigenvalue weighted by Gasteiger charge is -2.20. The summed E-state index contributed by atoms with van der Waals surface area (Å²) in [5.74, 6) is -0.783. The standard InChI is InChI=1S/C16H17FN2O3S/c1-3-16(20)18-12-8-10-13(11-9-12)23(21,22)19(2)15-7-5-4-6-14(15)17/h4-11H,3H2,1-2H3,(H,18,20). The topological polar surface area (TPSA) is 66.5 Å². The molecule has 0 aliphatic rings. The minimum atomic E-state index is -3.88. The van der Waals surface area contributed by atoms with Crippen molar-refractivity contribution >= 4 is 27.3 Å². The molecular weight excluding hydrogens is 319 g/mol. The average molecular weight is 336 g/mol. The number of hydrogen-bond acceptors (Lipinski definition) is 3. The minimum Gasteiger partial charge on any atom is -0.326 e. The maximum Gasteiger partial charge on any atom is 0.264 e. The van der Waals surface area contributed by atoms with E-state index in [4.69, 9.17) is 0 Å². The molecule has 1 N–H and O–H groups in total. The molecule has 122 valence electrons. The molecule has 2 aromatic carbocycles. The van der Waals surface area contributed by atoms with E-state index in [1.807, 2.05) is 0 Å². The first-order valence-electron chi connectivity index (χ1n) is 6.99. The number of carbonyl (C=O) groups excluding carboxylic acids is 1. The zero-order valence-corrected chi connectivity index (χ0v) is 13.6. The molecule has 0 fully saturated rings. The highest BCUT2D eigenvalue weighted by Gasteiger charge is 2.23. The van der Waals surface area contributed by atoms with Crippen molar-refractivity contribution in [2.75, 3.05) is 16.7 Å². The van der Waals surface area contributed by atoms with Crippen LogP contribution in [0.25, 0.3) is 0 Å². The van der Waals surface area contributed by atoms with Crippen LogP contribution >= 0.6 is 0 Å². The number of amides is 1. The zero-order valence-electron chi connectivity index (χ0n) is 12.8. The monoisotopic (exact) mass is 336 g/mol. The summed E-state index contributed by atoms with van der Waals surface area (Å²) in [5, 5.41) is 2.63. The van der Waals surface area contributed by atoms with Gasteiger partial charge < -0.3 is 5.32 Å². The van der Waals surface area contributed by atoms with Gasteiger partial charge >= 0.3 is 0 Å². The Labute approximate surface area is 134 Å². The van der Waals surface area contributed by atoms with E-state index in [-0.39, 0.29) is 16.5 Å². The Kier molecular flexibility index (Phi) is 5.00. The fourth-order valence-electron chi connectivity index (χ4n) is 1.95. The molecule has 0 aliphatic heterocycles. The molecule has 5 nitrogen and oxygen atoms in total. The van der Waals surface area contributed by atoms with Crippen molar-refractivity contribution in [1.82, 2.24) is 0 Å². The van der Waals surface area contributed by atoms with Gasteiger partial charge in [0.1, 0.15) is 5.82 Å². The number of benzene rings is 2. The first-order valence-corrected chi connectivity index (χ1v) is 8.43. The van der Waals surface area contributed by atoms with Crippen molar-refractivity contribution in [2.45, 2.75) is 18.2 Å². The van der Waals surface area contributed by atoms with Gasteiger partial charge in [-0.2, -0.15) is 0 Å². The number of nitrogens with zero attached hydrogens (tertiary/aromatic N) is 1. The van der Waals surface area contributed by atoms with Crippen molar-refractivity contribution in [3.8, 4) is 0 Å². The molecule has 0 unspecified atom stereocenters. The fourth-order valence-corrected chi connectivity index (χ4v) is 3.16. The van der Waals surface area contributed by atoms with Gasteiger partial charge in [0, 0.05) is 19.2 Å². The normalized spacial score (nSPS) is 11.1. The second kappa shape index (κ2) is 6.78. The average Bonchev–Trinajstić information content (AvgIpc) is 2.55. The Morgan fingerprint density at radius 1 is 1.13 bits per heavy atom. The van der Waals surface area contributed by atoms with E-state index < -0.39 is 15.8 Å². The summed E-state index contributed by atoms with van der Waals surface area (Å²) in [4.78, 5) is 11.3. The maximum absolute atomic E-state index is 13.8. The van der Waals surface area contributed by atoms with E-state index in [0.29, 0.717) is 12.1 Å². The molecule has 0 atom stereocenters. The van der Waals surface area contributed by atoms with Gasteiger partial charge in [-0.05, 0) is 36.4 Å². The molecule has 0 saturated carbocycles. The Balaban J connectivity index is 2.29. The van der Waals surface area contributed by atoms with Crippen LogP contribution in [0.5, 0.6) is 0 Å². The predicted octanol–water partition coefficient (Wildman–Crippen LogP) is 3.00. The van der Waals surface area contributed by atoms with Crippen LogP contribution in [0, 0.1) is 5.82 Å². The molecule has 0 aliphatic carbocycles. The van der Waals surface area contributed by atoms with Crippen LogP contribution in [0.1, 0.15) is 13.3 Å². The Hall–Kier alpha value is -2.41. The summed E-state index contributed by atoms with van der Waals surface area (Å²) >= 11 is 0. The second-order valence-corrected chi connectivity index (χ2v) is 6.82. The van der Waals surface area contributed by atoms with E-state index in [2.05, 4.69) is 5.32 Å². The highest BCUT2D eigenvalue weighted by Crippen LogP contribution is 2.25. The molecule has 2 rings (SSSR count). The quantitative estimate of drug-likeness (QED) is 0.913. The number of carbonyl (C=O) groups is 1. The van der Waals surface area contributed by atoms with Crippen LogP contribution < -0.4 is 9.62 Å². The Morgan fingerprint density at radius 2 is 1.74 bits per heavy atom. The van der Waals surface area contributed by atoms with Crippen LogP contribution in [0.15, 0.2) is 53.4 Å². The number of sulfonamides is 1. The van der Waals surface area contributed by atoms with Gasteiger partial charge in [0.2, 0.25) is 5.91 Å². The molecule has 23 heavy (non-hydrogen) atoms. The lowest BCUT2D eigenvalue weighted by atomic mass is 10.3. The van der Waals surface area contributed by atoms with Gasteiger partial charge in [-0.15, -0.1) is 0 Å². The summed E-state index contributed by atoms with van der Waals surface area (Å²) in [6.45, 7) is 1.72. The van der Waals surface area contributed by atoms with E-state index in [0.717, 1.165) is 4.31 Å². The Bertz CT molecular complexity index is 804. The predicted molar refractivity (Wildman–Crippen MR) is 87.4 cm³/mol. The maximum atomic E-state index is 13.8. The molecular formula is C16H17FN2O3S. The van der Waals surface area contributed by atoms with Gasteiger partial charge in [-0.25, -0.2) is 12.8 Å². The van der Waals surface area contributed by atoms with Gasteiger partial charge in [-0.1, -0.05) is 19.1 Å². The van der Waals surface area contributed by atoms with Crippen LogP contribution in [0.2, 0.25) is 0 Å². The molecule has 0 bridgehead atoms. The summed E-state index contributed by atoms with van der Waals surface area (Å²) in [6, 6.07) is 11.4. The van der Waals surface area contributed by atoms with Crippen molar-refractivity contribution in [3.05, 3.63) is 54.3 Å². The first-order chi connectivity index (χ1) is 10.9. The second-order valence-electron chi connectivity index (χ2n) is 4.85. The zero-order chi connectivity index (χ0) is 17.0. The van der Waals surface area contributed by atoms with Crippen LogP contribution in [-0.4, -0.2) is 21.4 Å². The van der Waals surface area contributed by atoms with E-state index in [1.54, 1.807) is 13.0 Å². The molecule has 2 aromatic rings. The summed E-state index contributed by atoms with van der Waals surface area (Å²) < 4.78 is 39.8. The third-order valence-corrected chi connectivity index (χ3v) is 5.09. The number of halogens is 1. The molecule has 0 spiro atoms. The summed E-state index contributed by atoms with van der Waals surface area (Å²) in [6.07, 6.45) is 0.329. The molecule has 7 heteroatoms. The third kappa shape index (κ3) is 3.68. The van der Waals surface area contributed by atoms with E-state index in [1.165, 1.54) is 49.5 Å². The van der Waals surface area contributed by atoms with Gasteiger partial charge in [0.25, 0.3) is 10.0 Å². The number of rotatable bonds is 5. The molecule has 0 radical (unpaired) electrons. The van der Waals surface area contributed by atoms with Gasteiger partial charge in [0.15, 0.2) is 0 Å². The summed E-state index contributed by atoms with van der Waals surface area (Å²) in [5.41, 5.74) is 0.472. The SMILES string of the molecule is CCC(=O)Nc1ccc(S(=O)(=O)N(C)c2ccccc2F)cc1. The highest BCUT2D eigenvalue weighted by molar-refractivity contribution is 7.92. The molecule has 0 aromatic heterocycles. The third-order valence-electron chi connectivity index (χ3n) is 3.31. The number of para-hydroxylation sites is 1.